The lowest BCUT2D eigenvalue weighted by Crippen LogP contribution is -2.53. The predicted molar refractivity (Wildman–Crippen MR) is 182 cm³/mol. The number of ether oxygens (including phenoxy) is 1. The number of ketones is 1. The van der Waals surface area contributed by atoms with Gasteiger partial charge in [0.1, 0.15) is 5.75 Å². The summed E-state index contributed by atoms with van der Waals surface area (Å²) in [6, 6.07) is 22.4. The molecule has 8 heteroatoms. The van der Waals surface area contributed by atoms with Gasteiger partial charge in [-0.1, -0.05) is 61.0 Å². The molecule has 1 fully saturated rings. The standard InChI is InChI=1S/C38H47NO6S/c1-27-9-8-21-37(2)35(20-22-38(37,42)26-39(46(4,43)44)25-28-10-6-5-7-11-28)33-19-13-29(23-31(40)16-12-27)24-34(33)36(41)30-14-17-32(45-3)18-15-30/h5-7,9-11,13-15,17-19,24,31,35,40,42H,8,12,16,20-23,25-26H2,1-4H3/t31-,35-,37-,38+/m0/s1. The Labute approximate surface area is 274 Å². The molecule has 0 unspecified atom stereocenters. The van der Waals surface area contributed by atoms with Gasteiger partial charge in [-0.15, -0.1) is 0 Å². The van der Waals surface area contributed by atoms with Crippen molar-refractivity contribution in [1.82, 2.24) is 4.31 Å². The predicted octanol–water partition coefficient (Wildman–Crippen LogP) is 6.43. The summed E-state index contributed by atoms with van der Waals surface area (Å²) in [5.74, 6) is 0.325. The van der Waals surface area contributed by atoms with Gasteiger partial charge in [0.05, 0.1) is 25.1 Å². The van der Waals surface area contributed by atoms with Gasteiger partial charge >= 0.3 is 0 Å². The smallest absolute Gasteiger partial charge is 0.211 e. The Morgan fingerprint density at radius 3 is 2.41 bits per heavy atom. The minimum atomic E-state index is -3.66. The van der Waals surface area contributed by atoms with E-state index in [1.165, 1.54) is 16.1 Å². The zero-order valence-electron chi connectivity index (χ0n) is 27.4. The van der Waals surface area contributed by atoms with E-state index < -0.39 is 27.1 Å². The molecule has 0 spiro atoms. The molecule has 46 heavy (non-hydrogen) atoms. The number of aliphatic hydroxyl groups excluding tert-OH is 1. The summed E-state index contributed by atoms with van der Waals surface area (Å²) in [6.07, 6.45) is 6.94. The van der Waals surface area contributed by atoms with Crippen molar-refractivity contribution >= 4 is 15.8 Å². The Balaban J connectivity index is 1.60. The molecular formula is C38H47NO6S. The first kappa shape index (κ1) is 34.0. The summed E-state index contributed by atoms with van der Waals surface area (Å²) >= 11 is 0. The monoisotopic (exact) mass is 645 g/mol. The molecule has 2 N–H and O–H groups in total. The summed E-state index contributed by atoms with van der Waals surface area (Å²) < 4.78 is 33.0. The van der Waals surface area contributed by atoms with E-state index in [1.54, 1.807) is 31.4 Å². The zero-order valence-corrected chi connectivity index (χ0v) is 28.2. The lowest BCUT2D eigenvalue weighted by molar-refractivity contribution is -0.0731. The fraction of sp³-hybridized carbons (Fsp3) is 0.447. The number of nitrogens with zero attached hydrogens (tertiary/aromatic N) is 1. The third kappa shape index (κ3) is 7.31. The SMILES string of the molecule is COc1ccc(C(=O)c2cc3ccc2[C@@H]2CC[C@@](O)(CN(Cc4ccccc4)S(C)(=O)=O)[C@@]2(C)CCC=C(C)CC[C@H](O)C3)cc1. The maximum absolute atomic E-state index is 14.2. The van der Waals surface area contributed by atoms with Gasteiger partial charge in [-0.2, -0.15) is 4.31 Å². The molecule has 0 saturated heterocycles. The highest BCUT2D eigenvalue weighted by Crippen LogP contribution is 2.59. The molecule has 7 nitrogen and oxygen atoms in total. The summed E-state index contributed by atoms with van der Waals surface area (Å²) in [5, 5.41) is 23.5. The Morgan fingerprint density at radius 2 is 1.74 bits per heavy atom. The number of benzene rings is 3. The zero-order chi connectivity index (χ0) is 33.1. The van der Waals surface area contributed by atoms with Crippen LogP contribution in [0.1, 0.15) is 90.9 Å². The highest BCUT2D eigenvalue weighted by molar-refractivity contribution is 7.88. The molecule has 0 heterocycles. The van der Waals surface area contributed by atoms with E-state index in [0.29, 0.717) is 55.4 Å². The fourth-order valence-corrected chi connectivity index (χ4v) is 8.30. The van der Waals surface area contributed by atoms with E-state index in [2.05, 4.69) is 19.9 Å². The fourth-order valence-electron chi connectivity index (χ4n) is 7.46. The van der Waals surface area contributed by atoms with E-state index in [-0.39, 0.29) is 24.8 Å². The first-order valence-electron chi connectivity index (χ1n) is 16.2. The first-order chi connectivity index (χ1) is 21.8. The van der Waals surface area contributed by atoms with E-state index in [0.717, 1.165) is 23.1 Å². The highest BCUT2D eigenvalue weighted by atomic mass is 32.2. The molecule has 0 radical (unpaired) electrons. The van der Waals surface area contributed by atoms with Crippen molar-refractivity contribution in [2.24, 2.45) is 5.41 Å². The number of hydrogen-bond acceptors (Lipinski definition) is 6. The number of methoxy groups -OCH3 is 1. The molecule has 0 aromatic heterocycles. The largest absolute Gasteiger partial charge is 0.497 e. The maximum atomic E-state index is 14.2. The van der Waals surface area contributed by atoms with Gasteiger partial charge in [0.15, 0.2) is 5.78 Å². The molecule has 3 aliphatic rings. The third-order valence-electron chi connectivity index (χ3n) is 10.4. The van der Waals surface area contributed by atoms with Crippen LogP contribution >= 0.6 is 0 Å². The molecule has 3 aromatic carbocycles. The molecule has 3 aromatic rings. The number of allylic oxidation sites excluding steroid dienone is 2. The molecule has 6 rings (SSSR count). The highest BCUT2D eigenvalue weighted by Gasteiger charge is 2.57. The van der Waals surface area contributed by atoms with Gasteiger partial charge in [-0.3, -0.25) is 4.79 Å². The van der Waals surface area contributed by atoms with Gasteiger partial charge in [0.25, 0.3) is 0 Å². The summed E-state index contributed by atoms with van der Waals surface area (Å²) in [6.45, 7) is 4.27. The molecule has 0 aliphatic heterocycles. The second-order valence-electron chi connectivity index (χ2n) is 13.5. The van der Waals surface area contributed by atoms with Crippen molar-refractivity contribution in [2.45, 2.75) is 83.0 Å². The molecule has 0 amide bonds. The van der Waals surface area contributed by atoms with Crippen LogP contribution in [-0.4, -0.2) is 60.3 Å². The first-order valence-corrected chi connectivity index (χ1v) is 18.0. The van der Waals surface area contributed by atoms with Crippen LogP contribution in [-0.2, 0) is 23.0 Å². The van der Waals surface area contributed by atoms with Crippen LogP contribution < -0.4 is 4.74 Å². The van der Waals surface area contributed by atoms with Crippen molar-refractivity contribution in [1.29, 1.82) is 0 Å². The van der Waals surface area contributed by atoms with Gasteiger partial charge in [0, 0.05) is 29.6 Å². The van der Waals surface area contributed by atoms with Gasteiger partial charge in [0.2, 0.25) is 10.0 Å². The Hall–Kier alpha value is -3.30. The number of fused-ring (bicyclic) bond motifs is 8. The lowest BCUT2D eigenvalue weighted by Gasteiger charge is -2.45. The summed E-state index contributed by atoms with van der Waals surface area (Å²) in [7, 11) is -2.07. The van der Waals surface area contributed by atoms with Gasteiger partial charge in [-0.25, -0.2) is 8.42 Å². The van der Waals surface area contributed by atoms with Crippen LogP contribution in [0.25, 0.3) is 0 Å². The Morgan fingerprint density at radius 1 is 1.02 bits per heavy atom. The number of hydrogen-bond donors (Lipinski definition) is 2. The number of rotatable bonds is 8. The van der Waals surface area contributed by atoms with Crippen molar-refractivity contribution in [3.63, 3.8) is 0 Å². The lowest BCUT2D eigenvalue weighted by atomic mass is 9.64. The second kappa shape index (κ2) is 13.8. The number of carbonyl (C=O) groups excluding carboxylic acids is 1. The number of aliphatic hydroxyl groups is 2. The van der Waals surface area contributed by atoms with Crippen molar-refractivity contribution in [3.8, 4) is 5.75 Å². The maximum Gasteiger partial charge on any atom is 0.211 e. The average Bonchev–Trinajstić information content (AvgIpc) is 3.28. The normalized spacial score (nSPS) is 25.5. The van der Waals surface area contributed by atoms with E-state index in [1.807, 2.05) is 48.5 Å². The molecule has 246 valence electrons. The van der Waals surface area contributed by atoms with Crippen molar-refractivity contribution in [3.05, 3.63) is 112 Å². The quantitative estimate of drug-likeness (QED) is 0.216. The molecule has 1 saturated carbocycles. The summed E-state index contributed by atoms with van der Waals surface area (Å²) in [5.41, 5.74) is 2.77. The Kier molecular flexibility index (Phi) is 10.2. The summed E-state index contributed by atoms with van der Waals surface area (Å²) in [4.78, 5) is 14.2. The van der Waals surface area contributed by atoms with E-state index in [9.17, 15) is 23.4 Å². The molecular weight excluding hydrogens is 598 g/mol. The van der Waals surface area contributed by atoms with E-state index >= 15 is 0 Å². The van der Waals surface area contributed by atoms with Crippen LogP contribution in [0.15, 0.2) is 84.4 Å². The van der Waals surface area contributed by atoms with Crippen LogP contribution in [0.2, 0.25) is 0 Å². The minimum absolute atomic E-state index is 0.0392. The van der Waals surface area contributed by atoms with Crippen LogP contribution in [0, 0.1) is 5.41 Å². The van der Waals surface area contributed by atoms with E-state index in [4.69, 9.17) is 4.74 Å². The van der Waals surface area contributed by atoms with Gasteiger partial charge in [-0.05, 0) is 105 Å². The third-order valence-corrected chi connectivity index (χ3v) is 11.6. The van der Waals surface area contributed by atoms with Crippen molar-refractivity contribution in [2.75, 3.05) is 19.9 Å². The van der Waals surface area contributed by atoms with Crippen LogP contribution in [0.5, 0.6) is 5.75 Å². The molecule has 4 atom stereocenters. The second-order valence-corrected chi connectivity index (χ2v) is 15.5. The molecule has 2 bridgehead atoms. The van der Waals surface area contributed by atoms with Gasteiger partial charge < -0.3 is 14.9 Å². The average molecular weight is 646 g/mol. The Bertz CT molecular complexity index is 1670. The molecule has 3 aliphatic carbocycles. The topological polar surface area (TPSA) is 104 Å². The van der Waals surface area contributed by atoms with Crippen molar-refractivity contribution < 1.29 is 28.2 Å². The van der Waals surface area contributed by atoms with Crippen LogP contribution in [0.4, 0.5) is 0 Å². The number of carbonyl (C=O) groups is 1. The van der Waals surface area contributed by atoms with Crippen LogP contribution in [0.3, 0.4) is 0 Å². The minimum Gasteiger partial charge on any atom is -0.497 e. The number of sulfonamides is 1.